The summed E-state index contributed by atoms with van der Waals surface area (Å²) < 4.78 is 0. The van der Waals surface area contributed by atoms with Crippen LogP contribution in [-0.2, 0) is 11.2 Å². The lowest BCUT2D eigenvalue weighted by Crippen LogP contribution is -2.42. The van der Waals surface area contributed by atoms with E-state index in [1.807, 2.05) is 11.8 Å². The first-order chi connectivity index (χ1) is 9.29. The second-order valence-corrected chi connectivity index (χ2v) is 6.38. The van der Waals surface area contributed by atoms with E-state index in [-0.39, 0.29) is 11.3 Å². The molecule has 0 heterocycles. The summed E-state index contributed by atoms with van der Waals surface area (Å²) in [4.78, 5) is 14.4. The monoisotopic (exact) mass is 276 g/mol. The first-order valence-electron chi connectivity index (χ1n) is 7.33. The number of benzene rings is 1. The minimum atomic E-state index is -0.0344. The summed E-state index contributed by atoms with van der Waals surface area (Å²) in [6.45, 7) is 12.4. The van der Waals surface area contributed by atoms with Crippen LogP contribution in [0.15, 0.2) is 18.2 Å². The molecule has 0 radical (unpaired) electrons. The standard InChI is InChI=1S/C17H28N2O/c1-6-19(12-17(4,5)11-18)16(20)10-15-9-13(2)7-8-14(15)3/h7-9H,6,10-12,18H2,1-5H3. The van der Waals surface area contributed by atoms with E-state index in [0.29, 0.717) is 19.5 Å². The molecule has 0 aliphatic heterocycles. The molecule has 1 rings (SSSR count). The van der Waals surface area contributed by atoms with Gasteiger partial charge in [-0.15, -0.1) is 0 Å². The Labute approximate surface area is 123 Å². The van der Waals surface area contributed by atoms with Crippen LogP contribution in [-0.4, -0.2) is 30.4 Å². The van der Waals surface area contributed by atoms with Gasteiger partial charge in [0.1, 0.15) is 0 Å². The average Bonchev–Trinajstić information content (AvgIpc) is 2.40. The van der Waals surface area contributed by atoms with E-state index < -0.39 is 0 Å². The van der Waals surface area contributed by atoms with Crippen LogP contribution in [0.3, 0.4) is 0 Å². The molecule has 1 aromatic carbocycles. The quantitative estimate of drug-likeness (QED) is 0.868. The molecule has 1 aromatic rings. The SMILES string of the molecule is CCN(CC(C)(C)CN)C(=O)Cc1cc(C)ccc1C. The highest BCUT2D eigenvalue weighted by Crippen LogP contribution is 2.17. The zero-order valence-corrected chi connectivity index (χ0v) is 13.5. The second-order valence-electron chi connectivity index (χ2n) is 6.38. The molecule has 0 fully saturated rings. The van der Waals surface area contributed by atoms with Crippen molar-refractivity contribution in [2.75, 3.05) is 19.6 Å². The minimum absolute atomic E-state index is 0.0344. The van der Waals surface area contributed by atoms with Gasteiger partial charge in [-0.1, -0.05) is 37.6 Å². The molecule has 0 aromatic heterocycles. The highest BCUT2D eigenvalue weighted by atomic mass is 16.2. The van der Waals surface area contributed by atoms with Crippen molar-refractivity contribution >= 4 is 5.91 Å². The number of nitrogens with two attached hydrogens (primary N) is 1. The van der Waals surface area contributed by atoms with Crippen molar-refractivity contribution in [2.24, 2.45) is 11.1 Å². The first kappa shape index (κ1) is 16.7. The van der Waals surface area contributed by atoms with Crippen LogP contribution in [0.5, 0.6) is 0 Å². The number of amides is 1. The van der Waals surface area contributed by atoms with Crippen LogP contribution in [0, 0.1) is 19.3 Å². The third kappa shape index (κ3) is 4.64. The number of rotatable bonds is 6. The van der Waals surface area contributed by atoms with Gasteiger partial charge in [-0.2, -0.15) is 0 Å². The summed E-state index contributed by atoms with van der Waals surface area (Å²) in [6, 6.07) is 6.27. The fourth-order valence-electron chi connectivity index (χ4n) is 2.22. The number of carbonyl (C=O) groups excluding carboxylic acids is 1. The molecule has 3 heteroatoms. The Balaban J connectivity index is 2.80. The van der Waals surface area contributed by atoms with Gasteiger partial charge in [0.25, 0.3) is 0 Å². The number of carbonyl (C=O) groups is 1. The third-order valence-electron chi connectivity index (χ3n) is 3.75. The predicted octanol–water partition coefficient (Wildman–Crippen LogP) is 2.68. The third-order valence-corrected chi connectivity index (χ3v) is 3.75. The molecular formula is C17H28N2O. The zero-order valence-electron chi connectivity index (χ0n) is 13.5. The molecule has 20 heavy (non-hydrogen) atoms. The van der Waals surface area contributed by atoms with Gasteiger partial charge in [0.05, 0.1) is 6.42 Å². The van der Waals surface area contributed by atoms with E-state index in [1.165, 1.54) is 11.1 Å². The average molecular weight is 276 g/mol. The molecule has 0 unspecified atom stereocenters. The van der Waals surface area contributed by atoms with Crippen molar-refractivity contribution in [1.29, 1.82) is 0 Å². The maximum absolute atomic E-state index is 12.5. The fraction of sp³-hybridized carbons (Fsp3) is 0.588. The van der Waals surface area contributed by atoms with Crippen LogP contribution in [0.2, 0.25) is 0 Å². The molecule has 0 saturated carbocycles. The smallest absolute Gasteiger partial charge is 0.227 e. The van der Waals surface area contributed by atoms with E-state index in [0.717, 1.165) is 12.1 Å². The Kier molecular flexibility index (Phi) is 5.75. The molecule has 0 aliphatic rings. The molecule has 1 amide bonds. The summed E-state index contributed by atoms with van der Waals surface area (Å²) in [5.41, 5.74) is 9.23. The highest BCUT2D eigenvalue weighted by Gasteiger charge is 2.23. The van der Waals surface area contributed by atoms with Crippen molar-refractivity contribution < 1.29 is 4.79 Å². The Morgan fingerprint density at radius 3 is 2.50 bits per heavy atom. The minimum Gasteiger partial charge on any atom is -0.342 e. The maximum Gasteiger partial charge on any atom is 0.227 e. The fourth-order valence-corrected chi connectivity index (χ4v) is 2.22. The number of nitrogens with zero attached hydrogens (tertiary/aromatic N) is 1. The Morgan fingerprint density at radius 1 is 1.30 bits per heavy atom. The van der Waals surface area contributed by atoms with E-state index in [2.05, 4.69) is 45.9 Å². The molecule has 0 saturated heterocycles. The predicted molar refractivity (Wildman–Crippen MR) is 84.7 cm³/mol. The van der Waals surface area contributed by atoms with Gasteiger partial charge in [-0.3, -0.25) is 4.79 Å². The number of hydrogen-bond donors (Lipinski definition) is 1. The molecule has 0 aliphatic carbocycles. The van der Waals surface area contributed by atoms with Crippen LogP contribution in [0.4, 0.5) is 0 Å². The van der Waals surface area contributed by atoms with Gasteiger partial charge in [-0.25, -0.2) is 0 Å². The van der Waals surface area contributed by atoms with Crippen LogP contribution in [0.1, 0.15) is 37.5 Å². The molecule has 2 N–H and O–H groups in total. The lowest BCUT2D eigenvalue weighted by Gasteiger charge is -2.31. The summed E-state index contributed by atoms with van der Waals surface area (Å²) in [5, 5.41) is 0. The number of aryl methyl sites for hydroxylation is 2. The van der Waals surface area contributed by atoms with E-state index >= 15 is 0 Å². The zero-order chi connectivity index (χ0) is 15.3. The van der Waals surface area contributed by atoms with Crippen molar-refractivity contribution in [3.8, 4) is 0 Å². The molecule has 3 nitrogen and oxygen atoms in total. The van der Waals surface area contributed by atoms with E-state index in [4.69, 9.17) is 5.73 Å². The maximum atomic E-state index is 12.5. The number of hydrogen-bond acceptors (Lipinski definition) is 2. The topological polar surface area (TPSA) is 46.3 Å². The van der Waals surface area contributed by atoms with Gasteiger partial charge >= 0.3 is 0 Å². The lowest BCUT2D eigenvalue weighted by molar-refractivity contribution is -0.131. The van der Waals surface area contributed by atoms with Crippen LogP contribution in [0.25, 0.3) is 0 Å². The molecule has 112 valence electrons. The van der Waals surface area contributed by atoms with Crippen LogP contribution < -0.4 is 5.73 Å². The largest absolute Gasteiger partial charge is 0.342 e. The molecule has 0 bridgehead atoms. The van der Waals surface area contributed by atoms with Crippen molar-refractivity contribution in [3.05, 3.63) is 34.9 Å². The molecule has 0 spiro atoms. The Bertz CT molecular complexity index is 466. The van der Waals surface area contributed by atoms with Crippen molar-refractivity contribution in [3.63, 3.8) is 0 Å². The van der Waals surface area contributed by atoms with Gasteiger partial charge < -0.3 is 10.6 Å². The van der Waals surface area contributed by atoms with Gasteiger partial charge in [0, 0.05) is 13.1 Å². The molecule has 0 atom stereocenters. The van der Waals surface area contributed by atoms with Gasteiger partial charge in [0.2, 0.25) is 5.91 Å². The molecular weight excluding hydrogens is 248 g/mol. The number of likely N-dealkylation sites (N-methyl/N-ethyl adjacent to an activating group) is 1. The Hall–Kier alpha value is -1.35. The van der Waals surface area contributed by atoms with Gasteiger partial charge in [-0.05, 0) is 43.9 Å². The summed E-state index contributed by atoms with van der Waals surface area (Å²) in [6.07, 6.45) is 0.474. The lowest BCUT2D eigenvalue weighted by atomic mass is 9.92. The summed E-state index contributed by atoms with van der Waals surface area (Å²) in [7, 11) is 0. The highest BCUT2D eigenvalue weighted by molar-refractivity contribution is 5.79. The van der Waals surface area contributed by atoms with Gasteiger partial charge in [0.15, 0.2) is 0 Å². The van der Waals surface area contributed by atoms with E-state index in [1.54, 1.807) is 0 Å². The summed E-state index contributed by atoms with van der Waals surface area (Å²) >= 11 is 0. The van der Waals surface area contributed by atoms with Crippen LogP contribution >= 0.6 is 0 Å². The Morgan fingerprint density at radius 2 is 1.95 bits per heavy atom. The van der Waals surface area contributed by atoms with Crippen molar-refractivity contribution in [2.45, 2.75) is 41.0 Å². The van der Waals surface area contributed by atoms with Crippen molar-refractivity contribution in [1.82, 2.24) is 4.90 Å². The normalized spacial score (nSPS) is 11.5. The first-order valence-corrected chi connectivity index (χ1v) is 7.33. The second kappa shape index (κ2) is 6.89. The van der Waals surface area contributed by atoms with E-state index in [9.17, 15) is 4.79 Å². The summed E-state index contributed by atoms with van der Waals surface area (Å²) in [5.74, 6) is 0.183.